The van der Waals surface area contributed by atoms with E-state index in [9.17, 15) is 22.8 Å². The largest absolute Gasteiger partial charge is 0.490 e. The minimum atomic E-state index is -5.08. The molecule has 1 amide bonds. The highest BCUT2D eigenvalue weighted by molar-refractivity contribution is 9.10. The molecule has 2 fully saturated rings. The molecule has 0 atom stereocenters. The third kappa shape index (κ3) is 4.84. The van der Waals surface area contributed by atoms with Crippen LogP contribution in [0.5, 0.6) is 0 Å². The minimum Gasteiger partial charge on any atom is -0.475 e. The Morgan fingerprint density at radius 2 is 1.77 bits per heavy atom. The van der Waals surface area contributed by atoms with Gasteiger partial charge in [0.15, 0.2) is 5.76 Å². The molecule has 2 aliphatic rings. The molecule has 2 N–H and O–H groups in total. The quantitative estimate of drug-likeness (QED) is 0.637. The molecule has 0 bridgehead atoms. The number of carboxylic acids is 1. The second-order valence-electron chi connectivity index (χ2n) is 7.34. The molecule has 0 saturated carbocycles. The lowest BCUT2D eigenvalue weighted by Gasteiger charge is -2.52. The number of fused-ring (bicyclic) bond motifs is 1. The van der Waals surface area contributed by atoms with Gasteiger partial charge in [0.1, 0.15) is 0 Å². The third-order valence-corrected chi connectivity index (χ3v) is 5.67. The van der Waals surface area contributed by atoms with E-state index in [1.165, 1.54) is 0 Å². The van der Waals surface area contributed by atoms with Gasteiger partial charge in [-0.1, -0.05) is 15.9 Å². The highest BCUT2D eigenvalue weighted by atomic mass is 79.9. The van der Waals surface area contributed by atoms with Crippen LogP contribution in [0.2, 0.25) is 0 Å². The Hall–Kier alpha value is -2.40. The van der Waals surface area contributed by atoms with Crippen LogP contribution in [0.3, 0.4) is 0 Å². The van der Waals surface area contributed by atoms with Crippen molar-refractivity contribution in [2.75, 3.05) is 26.2 Å². The van der Waals surface area contributed by atoms with Gasteiger partial charge in [0.2, 0.25) is 0 Å². The van der Waals surface area contributed by atoms with Crippen LogP contribution in [-0.2, 0) is 4.79 Å². The molecule has 1 spiro atoms. The Morgan fingerprint density at radius 3 is 2.33 bits per heavy atom. The number of hydrogen-bond acceptors (Lipinski definition) is 5. The molecule has 1 aromatic heterocycles. The number of aliphatic carboxylic acids is 1. The number of nitrogens with one attached hydrogen (secondary N) is 1. The van der Waals surface area contributed by atoms with E-state index in [4.69, 9.17) is 14.3 Å². The van der Waals surface area contributed by atoms with Crippen LogP contribution in [0, 0.1) is 5.41 Å². The number of piperidine rings is 1. The van der Waals surface area contributed by atoms with Gasteiger partial charge in [-0.2, -0.15) is 13.2 Å². The lowest BCUT2D eigenvalue weighted by Crippen LogP contribution is -2.61. The van der Waals surface area contributed by atoms with Crippen molar-refractivity contribution in [2.45, 2.75) is 19.0 Å². The fraction of sp³-hybridized carbons (Fsp3) is 0.421. The molecule has 11 heteroatoms. The summed E-state index contributed by atoms with van der Waals surface area (Å²) in [5, 5.41) is 11.7. The number of alkyl halides is 3. The summed E-state index contributed by atoms with van der Waals surface area (Å²) in [5.41, 5.74) is -0.198. The van der Waals surface area contributed by atoms with Crippen molar-refractivity contribution >= 4 is 38.6 Å². The first-order valence-corrected chi connectivity index (χ1v) is 9.84. The molecule has 30 heavy (non-hydrogen) atoms. The maximum absolute atomic E-state index is 12.6. The van der Waals surface area contributed by atoms with E-state index in [0.29, 0.717) is 5.39 Å². The highest BCUT2D eigenvalue weighted by Crippen LogP contribution is 2.39. The first kappa shape index (κ1) is 22.3. The molecule has 2 aliphatic heterocycles. The summed E-state index contributed by atoms with van der Waals surface area (Å²) in [6.07, 6.45) is -2.88. The molecule has 4 rings (SSSR count). The molecule has 2 aromatic rings. The molecule has 0 aliphatic carbocycles. The monoisotopic (exact) mass is 490 g/mol. The number of amides is 1. The predicted octanol–water partition coefficient (Wildman–Crippen LogP) is 3.01. The zero-order valence-electron chi connectivity index (χ0n) is 15.6. The second-order valence-corrected chi connectivity index (χ2v) is 8.26. The average molecular weight is 491 g/mol. The van der Waals surface area contributed by atoms with E-state index in [0.717, 1.165) is 48.9 Å². The molecular weight excluding hydrogens is 473 g/mol. The third-order valence-electron chi connectivity index (χ3n) is 5.18. The Kier molecular flexibility index (Phi) is 6.23. The Balaban J connectivity index is 0.000000318. The molecule has 3 heterocycles. The van der Waals surface area contributed by atoms with E-state index in [2.05, 4.69) is 21.2 Å². The molecule has 7 nitrogen and oxygen atoms in total. The number of benzene rings is 1. The van der Waals surface area contributed by atoms with Gasteiger partial charge in [0, 0.05) is 23.0 Å². The standard InChI is InChI=1S/C17H17BrN2O3.C2HF3O2/c18-12-1-2-13-11(7-12)8-14(23-16(13)22)15(21)20-9-17(10-20)3-5-19-6-4-17;3-2(4,5)1(6)7/h1-2,7-8,19H,3-6,9-10H2;(H,6,7). The van der Waals surface area contributed by atoms with Crippen molar-refractivity contribution in [3.63, 3.8) is 0 Å². The Bertz CT molecular complexity index is 1020. The average Bonchev–Trinajstić information content (AvgIpc) is 2.65. The smallest absolute Gasteiger partial charge is 0.475 e. The van der Waals surface area contributed by atoms with Crippen LogP contribution in [0.4, 0.5) is 13.2 Å². The van der Waals surface area contributed by atoms with Crippen LogP contribution in [0.1, 0.15) is 23.4 Å². The Morgan fingerprint density at radius 1 is 1.17 bits per heavy atom. The van der Waals surface area contributed by atoms with Gasteiger partial charge in [-0.3, -0.25) is 4.79 Å². The van der Waals surface area contributed by atoms with Crippen molar-refractivity contribution in [1.82, 2.24) is 10.2 Å². The van der Waals surface area contributed by atoms with Crippen LogP contribution >= 0.6 is 15.9 Å². The Labute approximate surface area is 177 Å². The zero-order valence-corrected chi connectivity index (χ0v) is 17.2. The van der Waals surface area contributed by atoms with Gasteiger partial charge in [-0.15, -0.1) is 0 Å². The number of carbonyl (C=O) groups excluding carboxylic acids is 1. The van der Waals surface area contributed by atoms with Crippen molar-refractivity contribution < 1.29 is 32.3 Å². The number of halogens is 4. The zero-order chi connectivity index (χ0) is 22.1. The van der Waals surface area contributed by atoms with Crippen molar-refractivity contribution in [3.05, 3.63) is 44.9 Å². The maximum Gasteiger partial charge on any atom is 0.490 e. The molecule has 0 radical (unpaired) electrons. The lowest BCUT2D eigenvalue weighted by atomic mass is 9.72. The van der Waals surface area contributed by atoms with E-state index in [1.807, 2.05) is 6.07 Å². The number of hydrogen-bond donors (Lipinski definition) is 2. The summed E-state index contributed by atoms with van der Waals surface area (Å²) in [6.45, 7) is 3.55. The number of carboxylic acid groups (broad SMARTS) is 1. The van der Waals surface area contributed by atoms with Crippen molar-refractivity contribution in [3.8, 4) is 0 Å². The first-order valence-electron chi connectivity index (χ1n) is 9.04. The SMILES string of the molecule is O=C(O)C(F)(F)F.O=C(c1cc2cc(Br)ccc2c(=O)o1)N1CC2(CCNCC2)C1. The number of rotatable bonds is 1. The van der Waals surface area contributed by atoms with Gasteiger partial charge < -0.3 is 19.7 Å². The van der Waals surface area contributed by atoms with E-state index in [-0.39, 0.29) is 17.1 Å². The summed E-state index contributed by atoms with van der Waals surface area (Å²) >= 11 is 3.39. The summed E-state index contributed by atoms with van der Waals surface area (Å²) in [4.78, 5) is 35.4. The summed E-state index contributed by atoms with van der Waals surface area (Å²) in [7, 11) is 0. The molecule has 162 valence electrons. The fourth-order valence-electron chi connectivity index (χ4n) is 3.61. The summed E-state index contributed by atoms with van der Waals surface area (Å²) in [5.74, 6) is -2.81. The molecular formula is C19H18BrF3N2O5. The van der Waals surface area contributed by atoms with Gasteiger partial charge in [-0.25, -0.2) is 9.59 Å². The summed E-state index contributed by atoms with van der Waals surface area (Å²) in [6, 6.07) is 6.98. The first-order chi connectivity index (χ1) is 14.0. The van der Waals surface area contributed by atoms with Gasteiger partial charge in [-0.05, 0) is 55.6 Å². The van der Waals surface area contributed by atoms with Gasteiger partial charge in [0.05, 0.1) is 5.39 Å². The predicted molar refractivity (Wildman–Crippen MR) is 104 cm³/mol. The number of likely N-dealkylation sites (tertiary alicyclic amines) is 1. The molecule has 2 saturated heterocycles. The second kappa shape index (κ2) is 8.38. The van der Waals surface area contributed by atoms with E-state index < -0.39 is 17.8 Å². The number of carbonyl (C=O) groups is 2. The van der Waals surface area contributed by atoms with Crippen LogP contribution in [-0.4, -0.2) is 54.2 Å². The minimum absolute atomic E-state index is 0.129. The topological polar surface area (TPSA) is 99.8 Å². The van der Waals surface area contributed by atoms with Crippen molar-refractivity contribution in [2.24, 2.45) is 5.41 Å². The van der Waals surface area contributed by atoms with Crippen molar-refractivity contribution in [1.29, 1.82) is 0 Å². The van der Waals surface area contributed by atoms with Crippen LogP contribution in [0.25, 0.3) is 10.8 Å². The molecule has 1 aromatic carbocycles. The highest BCUT2D eigenvalue weighted by Gasteiger charge is 2.46. The normalized spacial score (nSPS) is 17.8. The van der Waals surface area contributed by atoms with E-state index in [1.54, 1.807) is 23.1 Å². The molecule has 0 unspecified atom stereocenters. The van der Waals surface area contributed by atoms with Gasteiger partial charge >= 0.3 is 17.8 Å². The fourth-order valence-corrected chi connectivity index (χ4v) is 3.98. The van der Waals surface area contributed by atoms with Gasteiger partial charge in [0.25, 0.3) is 5.91 Å². The van der Waals surface area contributed by atoms with Crippen LogP contribution in [0.15, 0.2) is 37.9 Å². The lowest BCUT2D eigenvalue weighted by molar-refractivity contribution is -0.192. The van der Waals surface area contributed by atoms with Crippen LogP contribution < -0.4 is 10.9 Å². The number of nitrogens with zero attached hydrogens (tertiary/aromatic N) is 1. The van der Waals surface area contributed by atoms with E-state index >= 15 is 0 Å². The maximum atomic E-state index is 12.6. The summed E-state index contributed by atoms with van der Waals surface area (Å²) < 4.78 is 37.9.